The number of nitrogens with zero attached hydrogens (tertiary/aromatic N) is 3. The zero-order chi connectivity index (χ0) is 17.4. The molecule has 1 N–H and O–H groups in total. The summed E-state index contributed by atoms with van der Waals surface area (Å²) in [6.45, 7) is 5.77. The molecule has 1 atom stereocenters. The normalized spacial score (nSPS) is 16.4. The van der Waals surface area contributed by atoms with Gasteiger partial charge in [-0.25, -0.2) is 9.97 Å². The summed E-state index contributed by atoms with van der Waals surface area (Å²) in [6.07, 6.45) is 1.91. The summed E-state index contributed by atoms with van der Waals surface area (Å²) in [7, 11) is 0. The maximum absolute atomic E-state index is 11.2. The van der Waals surface area contributed by atoms with E-state index in [1.807, 2.05) is 5.51 Å². The number of rotatable bonds is 3. The van der Waals surface area contributed by atoms with Gasteiger partial charge < -0.3 is 5.32 Å². The number of benzene rings is 1. The molecule has 1 aliphatic rings. The molecule has 2 aromatic heterocycles. The monoisotopic (exact) mass is 372 g/mol. The van der Waals surface area contributed by atoms with Crippen molar-refractivity contribution < 1.29 is 4.79 Å². The second-order valence-electron chi connectivity index (χ2n) is 6.36. The van der Waals surface area contributed by atoms with Crippen molar-refractivity contribution in [2.24, 2.45) is 0 Å². The second kappa shape index (κ2) is 6.82. The van der Waals surface area contributed by atoms with E-state index < -0.39 is 0 Å². The van der Waals surface area contributed by atoms with E-state index in [-0.39, 0.29) is 5.91 Å². The number of thiazole rings is 2. The van der Waals surface area contributed by atoms with E-state index >= 15 is 0 Å². The molecule has 0 unspecified atom stereocenters. The van der Waals surface area contributed by atoms with E-state index in [2.05, 4.69) is 45.3 Å². The number of hydrogen-bond donors (Lipinski definition) is 1. The summed E-state index contributed by atoms with van der Waals surface area (Å²) in [5, 5.41) is 3.54. The number of carbonyl (C=O) groups excluding carboxylic acids is 1. The van der Waals surface area contributed by atoms with Gasteiger partial charge in [-0.2, -0.15) is 0 Å². The van der Waals surface area contributed by atoms with Crippen LogP contribution in [0.15, 0.2) is 23.7 Å². The second-order valence-corrected chi connectivity index (χ2v) is 8.33. The van der Waals surface area contributed by atoms with Crippen molar-refractivity contribution in [2.45, 2.75) is 32.7 Å². The lowest BCUT2D eigenvalue weighted by Gasteiger charge is -2.27. The topological polar surface area (TPSA) is 58.1 Å². The molecule has 0 fully saturated rings. The fourth-order valence-electron chi connectivity index (χ4n) is 3.32. The van der Waals surface area contributed by atoms with E-state index in [4.69, 9.17) is 0 Å². The zero-order valence-electron chi connectivity index (χ0n) is 14.3. The molecule has 0 saturated carbocycles. The molecule has 5 nitrogen and oxygen atoms in total. The highest BCUT2D eigenvalue weighted by Gasteiger charge is 2.22. The van der Waals surface area contributed by atoms with E-state index in [9.17, 15) is 4.79 Å². The van der Waals surface area contributed by atoms with Gasteiger partial charge in [0.1, 0.15) is 0 Å². The molecule has 0 bridgehead atoms. The van der Waals surface area contributed by atoms with Crippen molar-refractivity contribution in [1.29, 1.82) is 0 Å². The first-order valence-corrected chi connectivity index (χ1v) is 10.1. The molecule has 7 heteroatoms. The minimum absolute atomic E-state index is 0.0587. The van der Waals surface area contributed by atoms with Crippen LogP contribution in [0.5, 0.6) is 0 Å². The van der Waals surface area contributed by atoms with Gasteiger partial charge in [-0.1, -0.05) is 6.07 Å². The van der Waals surface area contributed by atoms with E-state index in [0.29, 0.717) is 6.04 Å². The molecular formula is C18H20N4OS2. The summed E-state index contributed by atoms with van der Waals surface area (Å²) in [5.74, 6) is -0.0587. The SMILES string of the molecule is CC(=O)Nc1nc2c(s1)CCN([C@@H](C)c1ccc3scnc3c1)CC2. The molecule has 3 aromatic rings. The fourth-order valence-corrected chi connectivity index (χ4v) is 5.02. The van der Waals surface area contributed by atoms with Gasteiger partial charge in [-0.05, 0) is 31.0 Å². The molecule has 1 aromatic carbocycles. The molecule has 0 saturated heterocycles. The lowest BCUT2D eigenvalue weighted by molar-refractivity contribution is -0.114. The van der Waals surface area contributed by atoms with Crippen LogP contribution in [-0.4, -0.2) is 33.9 Å². The third kappa shape index (κ3) is 3.44. The molecule has 0 aliphatic carbocycles. The van der Waals surface area contributed by atoms with Crippen molar-refractivity contribution in [3.63, 3.8) is 0 Å². The maximum atomic E-state index is 11.2. The average molecular weight is 373 g/mol. The number of carbonyl (C=O) groups is 1. The van der Waals surface area contributed by atoms with Gasteiger partial charge in [0.2, 0.25) is 5.91 Å². The molecule has 0 radical (unpaired) electrons. The molecular weight excluding hydrogens is 352 g/mol. The van der Waals surface area contributed by atoms with Crippen LogP contribution in [0.2, 0.25) is 0 Å². The molecule has 4 rings (SSSR count). The number of hydrogen-bond acceptors (Lipinski definition) is 6. The highest BCUT2D eigenvalue weighted by molar-refractivity contribution is 7.16. The number of anilines is 1. The van der Waals surface area contributed by atoms with Crippen molar-refractivity contribution >= 4 is 43.9 Å². The van der Waals surface area contributed by atoms with E-state index in [1.54, 1.807) is 22.7 Å². The fraction of sp³-hybridized carbons (Fsp3) is 0.389. The van der Waals surface area contributed by atoms with Crippen molar-refractivity contribution in [2.75, 3.05) is 18.4 Å². The van der Waals surface area contributed by atoms with Crippen LogP contribution < -0.4 is 5.32 Å². The van der Waals surface area contributed by atoms with Crippen LogP contribution in [-0.2, 0) is 17.6 Å². The minimum atomic E-state index is -0.0587. The first kappa shape index (κ1) is 16.6. The van der Waals surface area contributed by atoms with E-state index in [1.165, 1.54) is 22.1 Å². The Bertz CT molecular complexity index is 891. The summed E-state index contributed by atoms with van der Waals surface area (Å²) in [4.78, 5) is 24.1. The summed E-state index contributed by atoms with van der Waals surface area (Å²) >= 11 is 3.29. The van der Waals surface area contributed by atoms with Crippen LogP contribution >= 0.6 is 22.7 Å². The Morgan fingerprint density at radius 3 is 3.00 bits per heavy atom. The Morgan fingerprint density at radius 1 is 1.32 bits per heavy atom. The Kier molecular flexibility index (Phi) is 4.54. The van der Waals surface area contributed by atoms with Gasteiger partial charge in [-0.15, -0.1) is 22.7 Å². The molecule has 25 heavy (non-hydrogen) atoms. The van der Waals surface area contributed by atoms with Crippen molar-refractivity contribution in [1.82, 2.24) is 14.9 Å². The Morgan fingerprint density at radius 2 is 2.16 bits per heavy atom. The first-order chi connectivity index (χ1) is 12.1. The zero-order valence-corrected chi connectivity index (χ0v) is 15.9. The van der Waals surface area contributed by atoms with Gasteiger partial charge in [-0.3, -0.25) is 9.69 Å². The molecule has 130 valence electrons. The highest BCUT2D eigenvalue weighted by Crippen LogP contribution is 2.30. The molecule has 3 heterocycles. The third-order valence-electron chi connectivity index (χ3n) is 4.71. The average Bonchev–Trinajstić information content (AvgIpc) is 3.15. The minimum Gasteiger partial charge on any atom is -0.302 e. The largest absolute Gasteiger partial charge is 0.302 e. The van der Waals surface area contributed by atoms with Gasteiger partial charge in [0.05, 0.1) is 21.4 Å². The molecule has 0 spiro atoms. The number of amides is 1. The van der Waals surface area contributed by atoms with Crippen LogP contribution in [0.3, 0.4) is 0 Å². The molecule has 1 amide bonds. The standard InChI is InChI=1S/C18H20N4OS2/c1-11(13-3-4-16-15(9-13)19-10-24-16)22-7-5-14-17(6-8-22)25-18(21-14)20-12(2)23/h3-4,9-11H,5-8H2,1-2H3,(H,20,21,23)/t11-/m0/s1. The lowest BCUT2D eigenvalue weighted by Crippen LogP contribution is -2.29. The van der Waals surface area contributed by atoms with Gasteiger partial charge >= 0.3 is 0 Å². The van der Waals surface area contributed by atoms with Crippen LogP contribution in [0.1, 0.15) is 36.0 Å². The van der Waals surface area contributed by atoms with E-state index in [0.717, 1.165) is 42.3 Å². The van der Waals surface area contributed by atoms with Crippen LogP contribution in [0.4, 0.5) is 5.13 Å². The Hall–Kier alpha value is -1.83. The molecule has 1 aliphatic heterocycles. The number of fused-ring (bicyclic) bond motifs is 2. The highest BCUT2D eigenvalue weighted by atomic mass is 32.1. The van der Waals surface area contributed by atoms with Gasteiger partial charge in [0.15, 0.2) is 5.13 Å². The van der Waals surface area contributed by atoms with Crippen molar-refractivity contribution in [3.8, 4) is 0 Å². The Balaban J connectivity index is 1.49. The predicted octanol–water partition coefficient (Wildman–Crippen LogP) is 3.87. The predicted molar refractivity (Wildman–Crippen MR) is 103 cm³/mol. The maximum Gasteiger partial charge on any atom is 0.223 e. The third-order valence-corrected chi connectivity index (χ3v) is 6.59. The lowest BCUT2D eigenvalue weighted by atomic mass is 10.1. The summed E-state index contributed by atoms with van der Waals surface area (Å²) in [5.41, 5.74) is 5.44. The van der Waals surface area contributed by atoms with Gasteiger partial charge in [0.25, 0.3) is 0 Å². The van der Waals surface area contributed by atoms with Crippen LogP contribution in [0.25, 0.3) is 10.2 Å². The van der Waals surface area contributed by atoms with Gasteiger partial charge in [0, 0.05) is 37.4 Å². The number of nitrogens with one attached hydrogen (secondary N) is 1. The quantitative estimate of drug-likeness (QED) is 0.758. The van der Waals surface area contributed by atoms with Crippen molar-refractivity contribution in [3.05, 3.63) is 39.8 Å². The smallest absolute Gasteiger partial charge is 0.223 e. The van der Waals surface area contributed by atoms with Crippen LogP contribution in [0, 0.1) is 0 Å². The number of aromatic nitrogens is 2. The first-order valence-electron chi connectivity index (χ1n) is 8.43. The summed E-state index contributed by atoms with van der Waals surface area (Å²) in [6, 6.07) is 6.97. The Labute approximate surface area is 154 Å². The summed E-state index contributed by atoms with van der Waals surface area (Å²) < 4.78 is 1.24.